The number of rotatable bonds is 6. The van der Waals surface area contributed by atoms with E-state index in [1.165, 1.54) is 6.26 Å². The third kappa shape index (κ3) is 5.18. The molecule has 92 valence electrons. The number of nitrogens with one attached hydrogen (secondary N) is 1. The number of furan rings is 1. The topological polar surface area (TPSA) is 34.4 Å². The monoisotopic (exact) mass is 237 g/mol. The van der Waals surface area contributed by atoms with Gasteiger partial charge in [-0.25, -0.2) is 0 Å². The second-order valence-electron chi connectivity index (χ2n) is 3.45. The van der Waals surface area contributed by atoms with Gasteiger partial charge in [0.2, 0.25) is 0 Å². The lowest BCUT2D eigenvalue weighted by Gasteiger charge is -2.16. The van der Waals surface area contributed by atoms with Crippen LogP contribution in [-0.4, -0.2) is 32.5 Å². The van der Waals surface area contributed by atoms with E-state index in [2.05, 4.69) is 10.1 Å². The van der Waals surface area contributed by atoms with Crippen molar-refractivity contribution in [2.45, 2.75) is 18.6 Å². The number of hydrogen-bond acceptors (Lipinski definition) is 3. The first-order chi connectivity index (χ1) is 7.51. The molecule has 0 saturated carbocycles. The van der Waals surface area contributed by atoms with Crippen molar-refractivity contribution < 1.29 is 22.3 Å². The van der Waals surface area contributed by atoms with Crippen molar-refractivity contribution in [1.29, 1.82) is 0 Å². The summed E-state index contributed by atoms with van der Waals surface area (Å²) >= 11 is 0. The Bertz CT molecular complexity index is 285. The summed E-state index contributed by atoms with van der Waals surface area (Å²) in [4.78, 5) is 0. The molecule has 0 spiro atoms. The van der Waals surface area contributed by atoms with Crippen LogP contribution in [0.4, 0.5) is 13.2 Å². The van der Waals surface area contributed by atoms with Crippen LogP contribution in [0.1, 0.15) is 5.56 Å². The zero-order valence-electron chi connectivity index (χ0n) is 8.88. The van der Waals surface area contributed by atoms with Crippen molar-refractivity contribution in [2.75, 3.05) is 20.3 Å². The van der Waals surface area contributed by atoms with Crippen molar-refractivity contribution in [3.05, 3.63) is 24.2 Å². The molecule has 0 fully saturated rings. The van der Waals surface area contributed by atoms with Crippen LogP contribution in [0, 0.1) is 0 Å². The van der Waals surface area contributed by atoms with Crippen LogP contribution in [0.25, 0.3) is 0 Å². The summed E-state index contributed by atoms with van der Waals surface area (Å²) in [6.45, 7) is -1.20. The number of likely N-dealkylation sites (N-methyl/N-ethyl adjacent to an activating group) is 1. The van der Waals surface area contributed by atoms with Crippen LogP contribution < -0.4 is 5.32 Å². The van der Waals surface area contributed by atoms with Gasteiger partial charge >= 0.3 is 6.18 Å². The SMILES string of the molecule is CNC(COCC(F)(F)F)Cc1ccoc1. The number of hydrogen-bond donors (Lipinski definition) is 1. The predicted octanol–water partition coefficient (Wildman–Crippen LogP) is 1.99. The second kappa shape index (κ2) is 5.91. The second-order valence-corrected chi connectivity index (χ2v) is 3.45. The Hall–Kier alpha value is -1.01. The molecule has 1 unspecified atom stereocenters. The third-order valence-corrected chi connectivity index (χ3v) is 2.06. The fourth-order valence-corrected chi connectivity index (χ4v) is 1.25. The molecule has 0 aromatic carbocycles. The zero-order chi connectivity index (χ0) is 12.0. The van der Waals surface area contributed by atoms with Crippen LogP contribution >= 0.6 is 0 Å². The molecule has 3 nitrogen and oxygen atoms in total. The molecule has 6 heteroatoms. The highest BCUT2D eigenvalue weighted by Crippen LogP contribution is 2.14. The molecule has 1 rings (SSSR count). The van der Waals surface area contributed by atoms with E-state index in [9.17, 15) is 13.2 Å². The normalized spacial score (nSPS) is 14.0. The summed E-state index contributed by atoms with van der Waals surface area (Å²) in [5.41, 5.74) is 0.926. The molecule has 1 atom stereocenters. The molecule has 0 saturated heterocycles. The van der Waals surface area contributed by atoms with Crippen molar-refractivity contribution in [3.8, 4) is 0 Å². The van der Waals surface area contributed by atoms with Gasteiger partial charge in [0.25, 0.3) is 0 Å². The standard InChI is InChI=1S/C10H14F3NO2/c1-14-9(4-8-2-3-15-5-8)6-16-7-10(11,12)13/h2-3,5,9,14H,4,6-7H2,1H3. The summed E-state index contributed by atoms with van der Waals surface area (Å²) in [7, 11) is 1.68. The molecule has 0 radical (unpaired) electrons. The summed E-state index contributed by atoms with van der Waals surface area (Å²) in [6, 6.07) is 1.62. The molecule has 1 N–H and O–H groups in total. The van der Waals surface area contributed by atoms with Crippen molar-refractivity contribution in [2.24, 2.45) is 0 Å². The summed E-state index contributed by atoms with van der Waals surface area (Å²) < 4.78 is 44.9. The van der Waals surface area contributed by atoms with E-state index < -0.39 is 12.8 Å². The van der Waals surface area contributed by atoms with E-state index in [1.807, 2.05) is 0 Å². The van der Waals surface area contributed by atoms with Crippen molar-refractivity contribution in [1.82, 2.24) is 5.32 Å². The van der Waals surface area contributed by atoms with Gasteiger partial charge in [0, 0.05) is 6.04 Å². The van der Waals surface area contributed by atoms with Crippen molar-refractivity contribution >= 4 is 0 Å². The minimum Gasteiger partial charge on any atom is -0.472 e. The van der Waals surface area contributed by atoms with Gasteiger partial charge < -0.3 is 14.5 Å². The van der Waals surface area contributed by atoms with Gasteiger partial charge in [0.15, 0.2) is 0 Å². The first-order valence-electron chi connectivity index (χ1n) is 4.84. The molecule has 0 aliphatic rings. The molecular weight excluding hydrogens is 223 g/mol. The zero-order valence-corrected chi connectivity index (χ0v) is 8.88. The lowest BCUT2D eigenvalue weighted by atomic mass is 10.1. The lowest BCUT2D eigenvalue weighted by molar-refractivity contribution is -0.175. The van der Waals surface area contributed by atoms with Gasteiger partial charge in [-0.3, -0.25) is 0 Å². The van der Waals surface area contributed by atoms with E-state index in [0.717, 1.165) is 5.56 Å². The van der Waals surface area contributed by atoms with Crippen LogP contribution in [0.5, 0.6) is 0 Å². The fourth-order valence-electron chi connectivity index (χ4n) is 1.25. The van der Waals surface area contributed by atoms with Gasteiger partial charge in [-0.15, -0.1) is 0 Å². The van der Waals surface area contributed by atoms with E-state index in [1.54, 1.807) is 19.4 Å². The molecule has 0 aliphatic carbocycles. The minimum atomic E-state index is -4.27. The Labute approximate surface area is 91.6 Å². The Balaban J connectivity index is 2.27. The maximum Gasteiger partial charge on any atom is 0.411 e. The van der Waals surface area contributed by atoms with Gasteiger partial charge in [-0.2, -0.15) is 13.2 Å². The fraction of sp³-hybridized carbons (Fsp3) is 0.600. The summed E-state index contributed by atoms with van der Waals surface area (Å²) in [6.07, 6.45) is -0.606. The molecule has 1 heterocycles. The largest absolute Gasteiger partial charge is 0.472 e. The molecular formula is C10H14F3NO2. The third-order valence-electron chi connectivity index (χ3n) is 2.06. The van der Waals surface area contributed by atoms with Crippen LogP contribution in [0.3, 0.4) is 0 Å². The first-order valence-corrected chi connectivity index (χ1v) is 4.84. The smallest absolute Gasteiger partial charge is 0.411 e. The highest BCUT2D eigenvalue weighted by atomic mass is 19.4. The first kappa shape index (κ1) is 13.1. The highest BCUT2D eigenvalue weighted by molar-refractivity contribution is 5.07. The summed E-state index contributed by atoms with van der Waals surface area (Å²) in [5, 5.41) is 2.89. The molecule has 1 aromatic heterocycles. The maximum atomic E-state index is 11.8. The van der Waals surface area contributed by atoms with Crippen molar-refractivity contribution in [3.63, 3.8) is 0 Å². The maximum absolute atomic E-state index is 11.8. The molecule has 0 bridgehead atoms. The number of ether oxygens (including phenoxy) is 1. The lowest BCUT2D eigenvalue weighted by Crippen LogP contribution is -2.34. The minimum absolute atomic E-state index is 0.0151. The average molecular weight is 237 g/mol. The van der Waals surface area contributed by atoms with Crippen LogP contribution in [-0.2, 0) is 11.2 Å². The molecule has 1 aromatic rings. The Morgan fingerprint density at radius 1 is 1.50 bits per heavy atom. The number of alkyl halides is 3. The summed E-state index contributed by atoms with van der Waals surface area (Å²) in [5.74, 6) is 0. The van der Waals surface area contributed by atoms with E-state index in [4.69, 9.17) is 4.42 Å². The van der Waals surface area contributed by atoms with E-state index in [0.29, 0.717) is 6.42 Å². The predicted molar refractivity (Wildman–Crippen MR) is 52.1 cm³/mol. The van der Waals surface area contributed by atoms with E-state index >= 15 is 0 Å². The Morgan fingerprint density at radius 2 is 2.25 bits per heavy atom. The van der Waals surface area contributed by atoms with Gasteiger partial charge in [-0.05, 0) is 25.1 Å². The van der Waals surface area contributed by atoms with Gasteiger partial charge in [0.05, 0.1) is 19.1 Å². The molecule has 16 heavy (non-hydrogen) atoms. The Morgan fingerprint density at radius 3 is 2.75 bits per heavy atom. The van der Waals surface area contributed by atoms with E-state index in [-0.39, 0.29) is 12.6 Å². The number of halogens is 3. The average Bonchev–Trinajstić information content (AvgIpc) is 2.67. The van der Waals surface area contributed by atoms with Crippen LogP contribution in [0.15, 0.2) is 23.0 Å². The quantitative estimate of drug-likeness (QED) is 0.821. The van der Waals surface area contributed by atoms with Gasteiger partial charge in [-0.1, -0.05) is 0 Å². The Kier molecular flexibility index (Phi) is 4.82. The molecule has 0 aliphatic heterocycles. The highest BCUT2D eigenvalue weighted by Gasteiger charge is 2.27. The van der Waals surface area contributed by atoms with Gasteiger partial charge in [0.1, 0.15) is 6.61 Å². The molecule has 0 amide bonds. The van der Waals surface area contributed by atoms with Crippen LogP contribution in [0.2, 0.25) is 0 Å².